The average molecular weight is 335 g/mol. The summed E-state index contributed by atoms with van der Waals surface area (Å²) in [6.07, 6.45) is 0. The molecule has 1 nitrogen and oxygen atoms in total. The van der Waals surface area contributed by atoms with E-state index < -0.39 is 19.8 Å². The zero-order chi connectivity index (χ0) is 9.14. The van der Waals surface area contributed by atoms with Crippen LogP contribution in [-0.2, 0) is 0 Å². The number of hydrogen-bond donors (Lipinski definition) is 0. The molecule has 1 radical (unpaired) electrons. The molecule has 0 N–H and O–H groups in total. The first-order chi connectivity index (χ1) is 5.65. The maximum absolute atomic E-state index is 5.15. The van der Waals surface area contributed by atoms with Crippen molar-refractivity contribution in [3.8, 4) is 5.75 Å². The molecule has 0 bridgehead atoms. The van der Waals surface area contributed by atoms with E-state index in [4.69, 9.17) is 4.74 Å². The van der Waals surface area contributed by atoms with Gasteiger partial charge in [0.2, 0.25) is 0 Å². The first-order valence-electron chi connectivity index (χ1n) is 3.79. The number of methoxy groups -OCH3 is 1. The zero-order valence-corrected chi connectivity index (χ0v) is 12.0. The third-order valence-electron chi connectivity index (χ3n) is 1.73. The molecule has 0 aromatic heterocycles. The van der Waals surface area contributed by atoms with Gasteiger partial charge in [0.05, 0.1) is 0 Å². The van der Waals surface area contributed by atoms with Gasteiger partial charge >= 0.3 is 89.4 Å². The molecule has 1 aromatic carbocycles. The fourth-order valence-electron chi connectivity index (χ4n) is 0.977. The zero-order valence-electron chi connectivity index (χ0n) is 7.52. The molecule has 0 fully saturated rings. The third-order valence-corrected chi connectivity index (χ3v) is 6.53. The van der Waals surface area contributed by atoms with Crippen LogP contribution < -0.4 is 8.32 Å². The van der Waals surface area contributed by atoms with Gasteiger partial charge in [-0.15, -0.1) is 0 Å². The first kappa shape index (κ1) is 10.4. The number of halogens is 1. The summed E-state index contributed by atoms with van der Waals surface area (Å²) in [7, 11) is 1.69. The van der Waals surface area contributed by atoms with E-state index in [1.807, 2.05) is 6.07 Å². The van der Waals surface area contributed by atoms with Crippen molar-refractivity contribution in [2.24, 2.45) is 0 Å². The molecule has 0 aliphatic carbocycles. The van der Waals surface area contributed by atoms with Crippen LogP contribution in [0.3, 0.4) is 0 Å². The van der Waals surface area contributed by atoms with Crippen molar-refractivity contribution >= 4 is 39.3 Å². The quantitative estimate of drug-likeness (QED) is 0.755. The molecular formula is C9H12BrOSn. The number of ether oxygens (including phenoxy) is 1. The normalized spacial score (nSPS) is 10.4. The fraction of sp³-hybridized carbons (Fsp3) is 0.333. The first-order valence-corrected chi connectivity index (χ1v) is 11.7. The predicted octanol–water partition coefficient (Wildman–Crippen LogP) is 2.42. The van der Waals surface area contributed by atoms with E-state index in [2.05, 4.69) is 37.9 Å². The fourth-order valence-corrected chi connectivity index (χ4v) is 4.55. The summed E-state index contributed by atoms with van der Waals surface area (Å²) < 4.78 is 7.75. The Morgan fingerprint density at radius 3 is 2.42 bits per heavy atom. The van der Waals surface area contributed by atoms with E-state index in [0.29, 0.717) is 0 Å². The third kappa shape index (κ3) is 2.39. The van der Waals surface area contributed by atoms with Crippen molar-refractivity contribution in [1.29, 1.82) is 0 Å². The molecule has 65 valence electrons. The van der Waals surface area contributed by atoms with E-state index >= 15 is 0 Å². The summed E-state index contributed by atoms with van der Waals surface area (Å²) in [5.74, 6) is 0.920. The second-order valence-corrected chi connectivity index (χ2v) is 11.1. The Bertz CT molecular complexity index is 273. The van der Waals surface area contributed by atoms with Gasteiger partial charge in [-0.2, -0.15) is 0 Å². The molecule has 0 amide bonds. The molecule has 0 unspecified atom stereocenters. The van der Waals surface area contributed by atoms with Gasteiger partial charge in [0.1, 0.15) is 0 Å². The topological polar surface area (TPSA) is 9.23 Å². The number of rotatable bonds is 2. The predicted molar refractivity (Wildman–Crippen MR) is 57.8 cm³/mol. The molecule has 0 heterocycles. The van der Waals surface area contributed by atoms with E-state index in [1.165, 1.54) is 3.58 Å². The van der Waals surface area contributed by atoms with E-state index in [-0.39, 0.29) is 0 Å². The Labute approximate surface area is 89.0 Å². The van der Waals surface area contributed by atoms with Crippen LogP contribution in [-0.4, -0.2) is 26.9 Å². The van der Waals surface area contributed by atoms with Gasteiger partial charge < -0.3 is 0 Å². The van der Waals surface area contributed by atoms with Crippen molar-refractivity contribution in [3.05, 3.63) is 22.7 Å². The molecule has 0 aliphatic heterocycles. The van der Waals surface area contributed by atoms with Crippen molar-refractivity contribution in [3.63, 3.8) is 0 Å². The minimum atomic E-state index is -1.19. The second kappa shape index (κ2) is 4.51. The Kier molecular flexibility index (Phi) is 3.90. The van der Waals surface area contributed by atoms with E-state index in [0.717, 1.165) is 10.2 Å². The van der Waals surface area contributed by atoms with Crippen molar-refractivity contribution < 1.29 is 4.74 Å². The Hall–Kier alpha value is 0.299. The van der Waals surface area contributed by atoms with Gasteiger partial charge in [0.25, 0.3) is 0 Å². The van der Waals surface area contributed by atoms with Gasteiger partial charge in [-0.1, -0.05) is 0 Å². The monoisotopic (exact) mass is 335 g/mol. The molecule has 0 atom stereocenters. The van der Waals surface area contributed by atoms with Crippen LogP contribution in [0, 0.1) is 0 Å². The van der Waals surface area contributed by atoms with Gasteiger partial charge in [-0.05, 0) is 0 Å². The molecule has 0 saturated heterocycles. The van der Waals surface area contributed by atoms with Crippen LogP contribution in [0.25, 0.3) is 0 Å². The van der Waals surface area contributed by atoms with Crippen LogP contribution in [0.15, 0.2) is 22.7 Å². The standard InChI is InChI=1S/C7H6BrO.2CH3.Sn/c1-9-7-5-3-2-4-6(7)8;;;/h3-5H,1H3;2*1H3;. The molecule has 1 aromatic rings. The maximum atomic E-state index is 5.15. The molecule has 1 rings (SSSR count). The molecule has 0 aliphatic rings. The number of benzene rings is 1. The molecule has 3 heteroatoms. The van der Waals surface area contributed by atoms with Crippen LogP contribution in [0.4, 0.5) is 0 Å². The van der Waals surface area contributed by atoms with E-state index in [1.54, 1.807) is 7.11 Å². The SMILES string of the molecule is COc1cc[c]([Sn]([CH3])[CH3])cc1Br. The minimum absolute atomic E-state index is 0.920. The Balaban J connectivity index is 3.02. The van der Waals surface area contributed by atoms with Crippen LogP contribution in [0.2, 0.25) is 9.88 Å². The van der Waals surface area contributed by atoms with Crippen LogP contribution in [0.1, 0.15) is 0 Å². The number of hydrogen-bond acceptors (Lipinski definition) is 1. The molecule has 0 saturated carbocycles. The van der Waals surface area contributed by atoms with Crippen LogP contribution in [0.5, 0.6) is 5.75 Å². The molecular weight excluding hydrogens is 323 g/mol. The van der Waals surface area contributed by atoms with Crippen molar-refractivity contribution in [2.75, 3.05) is 7.11 Å². The summed E-state index contributed by atoms with van der Waals surface area (Å²) in [4.78, 5) is 4.74. The van der Waals surface area contributed by atoms with Gasteiger partial charge in [-0.25, -0.2) is 0 Å². The Morgan fingerprint density at radius 2 is 2.00 bits per heavy atom. The molecule has 12 heavy (non-hydrogen) atoms. The van der Waals surface area contributed by atoms with Crippen molar-refractivity contribution in [1.82, 2.24) is 0 Å². The summed E-state index contributed by atoms with van der Waals surface area (Å²) in [6, 6.07) is 6.40. The van der Waals surface area contributed by atoms with Gasteiger partial charge in [0.15, 0.2) is 0 Å². The summed E-state index contributed by atoms with van der Waals surface area (Å²) in [5, 5.41) is 0. The summed E-state index contributed by atoms with van der Waals surface area (Å²) in [5.41, 5.74) is 0. The van der Waals surface area contributed by atoms with E-state index in [9.17, 15) is 0 Å². The van der Waals surface area contributed by atoms with Crippen molar-refractivity contribution in [2.45, 2.75) is 9.88 Å². The molecule has 0 spiro atoms. The second-order valence-electron chi connectivity index (χ2n) is 2.85. The summed E-state index contributed by atoms with van der Waals surface area (Å²) >= 11 is 2.29. The average Bonchev–Trinajstić information content (AvgIpc) is 2.04. The van der Waals surface area contributed by atoms with Gasteiger partial charge in [-0.3, -0.25) is 0 Å². The Morgan fingerprint density at radius 1 is 1.33 bits per heavy atom. The summed E-state index contributed by atoms with van der Waals surface area (Å²) in [6.45, 7) is 0. The van der Waals surface area contributed by atoms with Crippen LogP contribution >= 0.6 is 15.9 Å². The van der Waals surface area contributed by atoms with Gasteiger partial charge in [0, 0.05) is 0 Å².